The Bertz CT molecular complexity index is 333. The molecule has 0 saturated carbocycles. The van der Waals surface area contributed by atoms with Gasteiger partial charge in [-0.15, -0.1) is 0 Å². The number of hydrogen-bond acceptors (Lipinski definition) is 2. The minimum Gasteiger partial charge on any atom is -0.383 e. The number of rotatable bonds is 1. The number of nitrogens with zero attached hydrogens (tertiary/aromatic N) is 1. The molecule has 0 saturated heterocycles. The standard InChI is InChI=1S/C12H15NO/c1-13-9-5-8-12(14,10-13)11-6-3-2-4-7-11/h2-7,9,14H,8,10H2,1H3. The third kappa shape index (κ3) is 1.66. The van der Waals surface area contributed by atoms with E-state index in [0.29, 0.717) is 13.0 Å². The number of hydrogen-bond donors (Lipinski definition) is 1. The lowest BCUT2D eigenvalue weighted by Crippen LogP contribution is -2.39. The van der Waals surface area contributed by atoms with Crippen LogP contribution in [-0.4, -0.2) is 23.6 Å². The van der Waals surface area contributed by atoms with Crippen molar-refractivity contribution in [3.8, 4) is 0 Å². The van der Waals surface area contributed by atoms with Crippen LogP contribution < -0.4 is 0 Å². The van der Waals surface area contributed by atoms with Crippen molar-refractivity contribution in [3.05, 3.63) is 48.2 Å². The van der Waals surface area contributed by atoms with Gasteiger partial charge in [0, 0.05) is 13.5 Å². The molecule has 1 aromatic rings. The average Bonchev–Trinajstić information content (AvgIpc) is 2.19. The van der Waals surface area contributed by atoms with Crippen molar-refractivity contribution in [2.75, 3.05) is 13.6 Å². The molecule has 0 bridgehead atoms. The maximum atomic E-state index is 10.4. The van der Waals surface area contributed by atoms with Gasteiger partial charge < -0.3 is 10.0 Å². The minimum absolute atomic E-state index is 0.660. The Hall–Kier alpha value is -1.28. The Morgan fingerprint density at radius 3 is 2.64 bits per heavy atom. The molecule has 1 N–H and O–H groups in total. The smallest absolute Gasteiger partial charge is 0.110 e. The molecule has 2 nitrogen and oxygen atoms in total. The number of aliphatic hydroxyl groups is 1. The van der Waals surface area contributed by atoms with Gasteiger partial charge in [0.2, 0.25) is 0 Å². The van der Waals surface area contributed by atoms with Gasteiger partial charge in [-0.2, -0.15) is 0 Å². The van der Waals surface area contributed by atoms with Crippen LogP contribution in [0.15, 0.2) is 42.6 Å². The number of β-amino-alcohol motifs (C(OH)–C–C–N with tert-alkyl or cyclic N) is 1. The van der Waals surface area contributed by atoms with E-state index < -0.39 is 5.60 Å². The SMILES string of the molecule is CN1C=CCC(O)(c2ccccc2)C1. The fraction of sp³-hybridized carbons (Fsp3) is 0.333. The lowest BCUT2D eigenvalue weighted by molar-refractivity contribution is 0.0111. The summed E-state index contributed by atoms with van der Waals surface area (Å²) in [5.41, 5.74) is 0.279. The summed E-state index contributed by atoms with van der Waals surface area (Å²) in [5, 5.41) is 10.4. The third-order valence-corrected chi connectivity index (χ3v) is 2.64. The Morgan fingerprint density at radius 1 is 1.29 bits per heavy atom. The Balaban J connectivity index is 2.29. The topological polar surface area (TPSA) is 23.5 Å². The van der Waals surface area contributed by atoms with Gasteiger partial charge in [0.25, 0.3) is 0 Å². The second kappa shape index (κ2) is 3.46. The van der Waals surface area contributed by atoms with Crippen molar-refractivity contribution in [1.82, 2.24) is 4.90 Å². The molecule has 1 atom stereocenters. The summed E-state index contributed by atoms with van der Waals surface area (Å²) in [6.07, 6.45) is 4.72. The molecule has 0 fully saturated rings. The first-order valence-electron chi connectivity index (χ1n) is 4.85. The summed E-state index contributed by atoms with van der Waals surface area (Å²) in [6, 6.07) is 9.85. The molecule has 0 spiro atoms. The molecule has 2 rings (SSSR count). The fourth-order valence-corrected chi connectivity index (χ4v) is 1.91. The largest absolute Gasteiger partial charge is 0.383 e. The van der Waals surface area contributed by atoms with Crippen molar-refractivity contribution in [3.63, 3.8) is 0 Å². The van der Waals surface area contributed by atoms with Crippen LogP contribution in [0.5, 0.6) is 0 Å². The number of likely N-dealkylation sites (N-methyl/N-ethyl adjacent to an activating group) is 1. The number of benzene rings is 1. The molecular weight excluding hydrogens is 174 g/mol. The summed E-state index contributed by atoms with van der Waals surface area (Å²) < 4.78 is 0. The second-order valence-electron chi connectivity index (χ2n) is 3.90. The van der Waals surface area contributed by atoms with Crippen LogP contribution in [0.3, 0.4) is 0 Å². The van der Waals surface area contributed by atoms with Crippen molar-refractivity contribution < 1.29 is 5.11 Å². The van der Waals surface area contributed by atoms with Crippen molar-refractivity contribution in [1.29, 1.82) is 0 Å². The van der Waals surface area contributed by atoms with Crippen molar-refractivity contribution in [2.24, 2.45) is 0 Å². The zero-order valence-electron chi connectivity index (χ0n) is 8.35. The molecule has 0 radical (unpaired) electrons. The predicted octanol–water partition coefficient (Wildman–Crippen LogP) is 1.72. The van der Waals surface area contributed by atoms with E-state index in [1.807, 2.05) is 54.6 Å². The van der Waals surface area contributed by atoms with Gasteiger partial charge in [0.1, 0.15) is 5.60 Å². The van der Waals surface area contributed by atoms with E-state index in [-0.39, 0.29) is 0 Å². The Kier molecular flexibility index (Phi) is 2.30. The van der Waals surface area contributed by atoms with Crippen molar-refractivity contribution in [2.45, 2.75) is 12.0 Å². The van der Waals surface area contributed by atoms with E-state index >= 15 is 0 Å². The van der Waals surface area contributed by atoms with Crippen molar-refractivity contribution >= 4 is 0 Å². The molecule has 2 heteroatoms. The van der Waals surface area contributed by atoms with Crippen LogP contribution in [0.25, 0.3) is 0 Å². The molecule has 1 aliphatic rings. The maximum absolute atomic E-state index is 10.4. The zero-order valence-corrected chi connectivity index (χ0v) is 8.35. The molecule has 0 amide bonds. The first-order valence-corrected chi connectivity index (χ1v) is 4.85. The lowest BCUT2D eigenvalue weighted by Gasteiger charge is -2.35. The first kappa shape index (κ1) is 9.28. The summed E-state index contributed by atoms with van der Waals surface area (Å²) >= 11 is 0. The fourth-order valence-electron chi connectivity index (χ4n) is 1.91. The molecule has 0 aromatic heterocycles. The van der Waals surface area contributed by atoms with Crippen LogP contribution in [0, 0.1) is 0 Å². The molecule has 14 heavy (non-hydrogen) atoms. The van der Waals surface area contributed by atoms with E-state index in [0.717, 1.165) is 5.56 Å². The highest BCUT2D eigenvalue weighted by Gasteiger charge is 2.30. The van der Waals surface area contributed by atoms with Crippen LogP contribution in [0.1, 0.15) is 12.0 Å². The molecule has 1 aromatic carbocycles. The van der Waals surface area contributed by atoms with Gasteiger partial charge in [-0.1, -0.05) is 36.4 Å². The van der Waals surface area contributed by atoms with E-state index in [1.165, 1.54) is 0 Å². The quantitative estimate of drug-likeness (QED) is 0.727. The summed E-state index contributed by atoms with van der Waals surface area (Å²) in [7, 11) is 1.98. The molecular formula is C12H15NO. The molecule has 1 aliphatic heterocycles. The van der Waals surface area contributed by atoms with Gasteiger partial charge in [-0.25, -0.2) is 0 Å². The van der Waals surface area contributed by atoms with E-state index in [1.54, 1.807) is 0 Å². The molecule has 74 valence electrons. The lowest BCUT2D eigenvalue weighted by atomic mass is 9.88. The van der Waals surface area contributed by atoms with Crippen LogP contribution in [-0.2, 0) is 5.60 Å². The first-order chi connectivity index (χ1) is 6.71. The molecule has 1 heterocycles. The highest BCUT2D eigenvalue weighted by Crippen LogP contribution is 2.28. The molecule has 0 aliphatic carbocycles. The van der Waals surface area contributed by atoms with Crippen LogP contribution >= 0.6 is 0 Å². The average molecular weight is 189 g/mol. The normalized spacial score (nSPS) is 26.6. The zero-order chi connectivity index (χ0) is 10.0. The maximum Gasteiger partial charge on any atom is 0.110 e. The minimum atomic E-state index is -0.717. The van der Waals surface area contributed by atoms with Gasteiger partial charge in [-0.05, 0) is 11.8 Å². The Labute approximate surface area is 84.5 Å². The summed E-state index contributed by atoms with van der Waals surface area (Å²) in [5.74, 6) is 0. The van der Waals surface area contributed by atoms with E-state index in [4.69, 9.17) is 0 Å². The van der Waals surface area contributed by atoms with E-state index in [9.17, 15) is 5.11 Å². The van der Waals surface area contributed by atoms with Gasteiger partial charge >= 0.3 is 0 Å². The summed E-state index contributed by atoms with van der Waals surface area (Å²) in [6.45, 7) is 0.660. The van der Waals surface area contributed by atoms with Crippen LogP contribution in [0.4, 0.5) is 0 Å². The van der Waals surface area contributed by atoms with E-state index in [2.05, 4.69) is 0 Å². The Morgan fingerprint density at radius 2 is 2.00 bits per heavy atom. The summed E-state index contributed by atoms with van der Waals surface area (Å²) in [4.78, 5) is 2.01. The highest BCUT2D eigenvalue weighted by atomic mass is 16.3. The van der Waals surface area contributed by atoms with Crippen LogP contribution in [0.2, 0.25) is 0 Å². The van der Waals surface area contributed by atoms with Gasteiger partial charge in [-0.3, -0.25) is 0 Å². The monoisotopic (exact) mass is 189 g/mol. The van der Waals surface area contributed by atoms with Gasteiger partial charge in [0.05, 0.1) is 6.54 Å². The molecule has 1 unspecified atom stereocenters. The third-order valence-electron chi connectivity index (χ3n) is 2.64. The highest BCUT2D eigenvalue weighted by molar-refractivity contribution is 5.25. The second-order valence-corrected chi connectivity index (χ2v) is 3.90. The predicted molar refractivity (Wildman–Crippen MR) is 56.7 cm³/mol. The van der Waals surface area contributed by atoms with Gasteiger partial charge in [0.15, 0.2) is 0 Å².